The van der Waals surface area contributed by atoms with Gasteiger partial charge in [0.25, 0.3) is 0 Å². The van der Waals surface area contributed by atoms with E-state index in [1.807, 2.05) is 6.92 Å². The molecule has 1 aromatic rings. The summed E-state index contributed by atoms with van der Waals surface area (Å²) in [7, 11) is 0. The molecule has 0 aliphatic heterocycles. The SMILES string of the molecule is CC(NC(=O)C1(N)CCCC1)c1ccc(F)cc1. The van der Waals surface area contributed by atoms with E-state index in [-0.39, 0.29) is 17.8 Å². The van der Waals surface area contributed by atoms with Gasteiger partial charge in [0.1, 0.15) is 5.82 Å². The van der Waals surface area contributed by atoms with Crippen molar-refractivity contribution in [3.05, 3.63) is 35.6 Å². The van der Waals surface area contributed by atoms with Crippen molar-refractivity contribution in [3.63, 3.8) is 0 Å². The van der Waals surface area contributed by atoms with Gasteiger partial charge in [-0.25, -0.2) is 4.39 Å². The van der Waals surface area contributed by atoms with Crippen molar-refractivity contribution in [2.45, 2.75) is 44.2 Å². The monoisotopic (exact) mass is 250 g/mol. The van der Waals surface area contributed by atoms with Gasteiger partial charge in [-0.15, -0.1) is 0 Å². The molecular formula is C14H19FN2O. The molecule has 0 bridgehead atoms. The molecule has 98 valence electrons. The van der Waals surface area contributed by atoms with E-state index >= 15 is 0 Å². The molecule has 0 spiro atoms. The van der Waals surface area contributed by atoms with E-state index in [0.717, 1.165) is 31.2 Å². The van der Waals surface area contributed by atoms with Crippen LogP contribution in [0.4, 0.5) is 4.39 Å². The first-order chi connectivity index (χ1) is 8.51. The van der Waals surface area contributed by atoms with Crippen LogP contribution in [0.3, 0.4) is 0 Å². The molecule has 1 saturated carbocycles. The van der Waals surface area contributed by atoms with Gasteiger partial charge >= 0.3 is 0 Å². The fraction of sp³-hybridized carbons (Fsp3) is 0.500. The highest BCUT2D eigenvalue weighted by molar-refractivity contribution is 5.86. The summed E-state index contributed by atoms with van der Waals surface area (Å²) in [4.78, 5) is 12.1. The molecule has 3 nitrogen and oxygen atoms in total. The molecule has 1 aromatic carbocycles. The van der Waals surface area contributed by atoms with Gasteiger partial charge in [-0.1, -0.05) is 25.0 Å². The molecule has 1 amide bonds. The van der Waals surface area contributed by atoms with Crippen molar-refractivity contribution in [2.75, 3.05) is 0 Å². The van der Waals surface area contributed by atoms with Gasteiger partial charge in [0.15, 0.2) is 0 Å². The second kappa shape index (κ2) is 5.06. The number of benzene rings is 1. The normalized spacial score (nSPS) is 19.5. The van der Waals surface area contributed by atoms with Crippen LogP contribution in [0.15, 0.2) is 24.3 Å². The molecule has 1 atom stereocenters. The molecule has 0 radical (unpaired) electrons. The summed E-state index contributed by atoms with van der Waals surface area (Å²) in [6.45, 7) is 1.88. The predicted octanol–water partition coefficient (Wildman–Crippen LogP) is 2.27. The van der Waals surface area contributed by atoms with Crippen molar-refractivity contribution in [1.29, 1.82) is 0 Å². The van der Waals surface area contributed by atoms with Gasteiger partial charge in [0, 0.05) is 0 Å². The molecule has 1 aliphatic rings. The lowest BCUT2D eigenvalue weighted by Gasteiger charge is -2.25. The average molecular weight is 250 g/mol. The van der Waals surface area contributed by atoms with Gasteiger partial charge in [0.05, 0.1) is 11.6 Å². The second-order valence-electron chi connectivity index (χ2n) is 5.11. The Morgan fingerprint density at radius 3 is 2.44 bits per heavy atom. The minimum absolute atomic E-state index is 0.100. The van der Waals surface area contributed by atoms with Crippen LogP contribution in [-0.2, 0) is 4.79 Å². The number of hydrogen-bond acceptors (Lipinski definition) is 2. The topological polar surface area (TPSA) is 55.1 Å². The highest BCUT2D eigenvalue weighted by Crippen LogP contribution is 2.28. The third-order valence-corrected chi connectivity index (χ3v) is 3.67. The van der Waals surface area contributed by atoms with Crippen molar-refractivity contribution >= 4 is 5.91 Å². The van der Waals surface area contributed by atoms with Crippen LogP contribution >= 0.6 is 0 Å². The second-order valence-corrected chi connectivity index (χ2v) is 5.11. The lowest BCUT2D eigenvalue weighted by Crippen LogP contribution is -2.52. The molecule has 18 heavy (non-hydrogen) atoms. The van der Waals surface area contributed by atoms with E-state index < -0.39 is 5.54 Å². The van der Waals surface area contributed by atoms with Crippen molar-refractivity contribution in [1.82, 2.24) is 5.32 Å². The molecule has 1 aliphatic carbocycles. The minimum Gasteiger partial charge on any atom is -0.348 e. The Morgan fingerprint density at radius 2 is 1.89 bits per heavy atom. The van der Waals surface area contributed by atoms with Crippen LogP contribution in [0.25, 0.3) is 0 Å². The van der Waals surface area contributed by atoms with Crippen molar-refractivity contribution in [3.8, 4) is 0 Å². The first kappa shape index (κ1) is 13.0. The van der Waals surface area contributed by atoms with E-state index in [1.54, 1.807) is 12.1 Å². The molecule has 2 rings (SSSR count). The zero-order chi connectivity index (χ0) is 13.2. The smallest absolute Gasteiger partial charge is 0.240 e. The zero-order valence-corrected chi connectivity index (χ0v) is 10.6. The molecule has 3 N–H and O–H groups in total. The van der Waals surface area contributed by atoms with Gasteiger partial charge in [-0.2, -0.15) is 0 Å². The fourth-order valence-corrected chi connectivity index (χ4v) is 2.41. The average Bonchev–Trinajstić information content (AvgIpc) is 2.78. The molecule has 0 heterocycles. The van der Waals surface area contributed by atoms with E-state index in [4.69, 9.17) is 5.73 Å². The third-order valence-electron chi connectivity index (χ3n) is 3.67. The van der Waals surface area contributed by atoms with Crippen molar-refractivity contribution in [2.24, 2.45) is 5.73 Å². The van der Waals surface area contributed by atoms with Gasteiger partial charge < -0.3 is 11.1 Å². The molecule has 4 heteroatoms. The van der Waals surface area contributed by atoms with Crippen LogP contribution in [0.2, 0.25) is 0 Å². The number of nitrogens with one attached hydrogen (secondary N) is 1. The molecule has 1 unspecified atom stereocenters. The number of carbonyl (C=O) groups is 1. The number of amides is 1. The maximum absolute atomic E-state index is 12.8. The van der Waals surface area contributed by atoms with E-state index in [0.29, 0.717) is 0 Å². The highest BCUT2D eigenvalue weighted by atomic mass is 19.1. The molecular weight excluding hydrogens is 231 g/mol. The molecule has 0 saturated heterocycles. The Labute approximate surface area is 107 Å². The van der Waals surface area contributed by atoms with Gasteiger partial charge in [-0.05, 0) is 37.5 Å². The number of hydrogen-bond donors (Lipinski definition) is 2. The fourth-order valence-electron chi connectivity index (χ4n) is 2.41. The van der Waals surface area contributed by atoms with Crippen LogP contribution in [-0.4, -0.2) is 11.4 Å². The van der Waals surface area contributed by atoms with E-state index in [1.165, 1.54) is 12.1 Å². The maximum atomic E-state index is 12.8. The Bertz CT molecular complexity index is 424. The standard InChI is InChI=1S/C14H19FN2O/c1-10(11-4-6-12(15)7-5-11)17-13(18)14(16)8-2-3-9-14/h4-7,10H,2-3,8-9,16H2,1H3,(H,17,18). The quantitative estimate of drug-likeness (QED) is 0.864. The van der Waals surface area contributed by atoms with E-state index in [2.05, 4.69) is 5.32 Å². The summed E-state index contributed by atoms with van der Waals surface area (Å²) in [5.74, 6) is -0.375. The lowest BCUT2D eigenvalue weighted by molar-refractivity contribution is -0.126. The van der Waals surface area contributed by atoms with E-state index in [9.17, 15) is 9.18 Å². The first-order valence-electron chi connectivity index (χ1n) is 6.36. The summed E-state index contributed by atoms with van der Waals surface area (Å²) in [6, 6.07) is 5.99. The number of rotatable bonds is 3. The Kier molecular flexibility index (Phi) is 3.66. The minimum atomic E-state index is -0.714. The van der Waals surface area contributed by atoms with Gasteiger partial charge in [0.2, 0.25) is 5.91 Å². The largest absolute Gasteiger partial charge is 0.348 e. The number of nitrogens with two attached hydrogens (primary N) is 1. The summed E-state index contributed by atoms with van der Waals surface area (Å²) in [5, 5.41) is 2.91. The third kappa shape index (κ3) is 2.70. The Balaban J connectivity index is 2.00. The molecule has 1 fully saturated rings. The summed E-state index contributed by atoms with van der Waals surface area (Å²) in [5.41, 5.74) is 6.25. The highest BCUT2D eigenvalue weighted by Gasteiger charge is 2.37. The first-order valence-corrected chi connectivity index (χ1v) is 6.36. The van der Waals surface area contributed by atoms with Crippen molar-refractivity contribution < 1.29 is 9.18 Å². The van der Waals surface area contributed by atoms with Crippen LogP contribution in [0.5, 0.6) is 0 Å². The van der Waals surface area contributed by atoms with Crippen LogP contribution in [0.1, 0.15) is 44.2 Å². The number of carbonyl (C=O) groups excluding carboxylic acids is 1. The summed E-state index contributed by atoms with van der Waals surface area (Å²) >= 11 is 0. The zero-order valence-electron chi connectivity index (χ0n) is 10.6. The van der Waals surface area contributed by atoms with Gasteiger partial charge in [-0.3, -0.25) is 4.79 Å². The maximum Gasteiger partial charge on any atom is 0.240 e. The lowest BCUT2D eigenvalue weighted by atomic mass is 9.97. The Hall–Kier alpha value is -1.42. The van der Waals surface area contributed by atoms with Crippen LogP contribution in [0, 0.1) is 5.82 Å². The van der Waals surface area contributed by atoms with Crippen LogP contribution < -0.4 is 11.1 Å². The number of halogens is 1. The molecule has 0 aromatic heterocycles. The summed E-state index contributed by atoms with van der Waals surface area (Å²) in [6.07, 6.45) is 3.51. The summed E-state index contributed by atoms with van der Waals surface area (Å²) < 4.78 is 12.8. The predicted molar refractivity (Wildman–Crippen MR) is 68.3 cm³/mol. The Morgan fingerprint density at radius 1 is 1.33 bits per heavy atom.